The predicted octanol–water partition coefficient (Wildman–Crippen LogP) is 4.66. The fraction of sp³-hybridized carbons (Fsp3) is 0.409. The maximum absolute atomic E-state index is 12.4. The van der Waals surface area contributed by atoms with Gasteiger partial charge in [-0.2, -0.15) is 0 Å². The second-order valence-corrected chi connectivity index (χ2v) is 8.84. The van der Waals surface area contributed by atoms with Crippen molar-refractivity contribution in [3.8, 4) is 5.75 Å². The number of carbonyl (C=O) groups is 1. The molecule has 0 spiro atoms. The summed E-state index contributed by atoms with van der Waals surface area (Å²) in [7, 11) is 3.90. The first-order valence-electron chi connectivity index (χ1n) is 9.56. The topological polar surface area (TPSA) is 41.6 Å². The summed E-state index contributed by atoms with van der Waals surface area (Å²) < 4.78 is 5.13. The van der Waals surface area contributed by atoms with Crippen molar-refractivity contribution in [2.45, 2.75) is 47.9 Å². The Hall–Kier alpha value is -1.98. The molecule has 0 radical (unpaired) electrons. The van der Waals surface area contributed by atoms with Gasteiger partial charge in [-0.15, -0.1) is 11.8 Å². The van der Waals surface area contributed by atoms with Gasteiger partial charge in [0, 0.05) is 33.5 Å². The van der Waals surface area contributed by atoms with Crippen molar-refractivity contribution in [2.24, 2.45) is 0 Å². The van der Waals surface area contributed by atoms with E-state index in [1.807, 2.05) is 23.9 Å². The molecule has 0 saturated carbocycles. The Morgan fingerprint density at radius 2 is 1.67 bits per heavy atom. The molecule has 1 unspecified atom stereocenters. The van der Waals surface area contributed by atoms with Gasteiger partial charge in [-0.1, -0.05) is 0 Å². The minimum absolute atomic E-state index is 0.107. The van der Waals surface area contributed by atoms with E-state index in [0.717, 1.165) is 23.5 Å². The second-order valence-electron chi connectivity index (χ2n) is 7.47. The van der Waals surface area contributed by atoms with Gasteiger partial charge in [0.25, 0.3) is 5.91 Å². The zero-order valence-corrected chi connectivity index (χ0v) is 16.7. The number of nitrogens with zero attached hydrogens (tertiary/aromatic N) is 1. The molecular weight excluding hydrogens is 356 g/mol. The monoisotopic (exact) mass is 382 g/mol. The largest absolute Gasteiger partial charge is 0.497 e. The maximum Gasteiger partial charge on any atom is 0.255 e. The van der Waals surface area contributed by atoms with Crippen molar-refractivity contribution < 1.29 is 9.53 Å². The molecule has 2 aliphatic heterocycles. The molecule has 2 aromatic carbocycles. The molecule has 1 N–H and O–H groups in total. The number of carbonyl (C=O) groups excluding carboxylic acids is 1. The Morgan fingerprint density at radius 1 is 1.04 bits per heavy atom. The number of ether oxygens (including phenoxy) is 1. The van der Waals surface area contributed by atoms with E-state index >= 15 is 0 Å². The van der Waals surface area contributed by atoms with Crippen LogP contribution in [0, 0.1) is 0 Å². The summed E-state index contributed by atoms with van der Waals surface area (Å²) in [6, 6.07) is 16.9. The summed E-state index contributed by atoms with van der Waals surface area (Å²) in [5, 5.41) is 3.67. The highest BCUT2D eigenvalue weighted by atomic mass is 32.2. The molecule has 0 aromatic heterocycles. The van der Waals surface area contributed by atoms with E-state index in [0.29, 0.717) is 10.8 Å². The fourth-order valence-electron chi connectivity index (χ4n) is 4.21. The number of hydrogen-bond acceptors (Lipinski definition) is 4. The molecule has 2 aromatic rings. The quantitative estimate of drug-likeness (QED) is 0.816. The Morgan fingerprint density at radius 3 is 2.26 bits per heavy atom. The van der Waals surface area contributed by atoms with E-state index in [2.05, 4.69) is 29.4 Å². The number of thioether (sulfide) groups is 1. The van der Waals surface area contributed by atoms with Crippen LogP contribution in [0.4, 0.5) is 5.69 Å². The molecule has 2 saturated heterocycles. The Bertz CT molecular complexity index is 777. The molecule has 2 bridgehead atoms. The van der Waals surface area contributed by atoms with E-state index in [1.54, 1.807) is 31.4 Å². The summed E-state index contributed by atoms with van der Waals surface area (Å²) in [5.74, 6) is 0.639. The molecule has 5 heteroatoms. The van der Waals surface area contributed by atoms with E-state index in [9.17, 15) is 4.79 Å². The van der Waals surface area contributed by atoms with Crippen LogP contribution in [0.25, 0.3) is 0 Å². The molecule has 1 amide bonds. The number of fused-ring (bicyclic) bond motifs is 2. The van der Waals surface area contributed by atoms with E-state index in [1.165, 1.54) is 30.6 Å². The highest BCUT2D eigenvalue weighted by Crippen LogP contribution is 2.41. The predicted molar refractivity (Wildman–Crippen MR) is 111 cm³/mol. The number of methoxy groups -OCH3 is 1. The lowest BCUT2D eigenvalue weighted by molar-refractivity contribution is 0.102. The van der Waals surface area contributed by atoms with E-state index in [4.69, 9.17) is 4.74 Å². The van der Waals surface area contributed by atoms with Crippen molar-refractivity contribution in [3.05, 3.63) is 54.1 Å². The minimum Gasteiger partial charge on any atom is -0.497 e. The maximum atomic E-state index is 12.4. The third-order valence-corrected chi connectivity index (χ3v) is 7.08. The highest BCUT2D eigenvalue weighted by Gasteiger charge is 2.38. The number of piperidine rings is 1. The zero-order valence-electron chi connectivity index (χ0n) is 15.9. The smallest absolute Gasteiger partial charge is 0.255 e. The van der Waals surface area contributed by atoms with Gasteiger partial charge in [0.15, 0.2) is 0 Å². The van der Waals surface area contributed by atoms with Gasteiger partial charge in [0.2, 0.25) is 0 Å². The normalized spacial score (nSPS) is 24.6. The third-order valence-electron chi connectivity index (χ3n) is 5.82. The number of rotatable bonds is 5. The number of hydrogen-bond donors (Lipinski definition) is 1. The van der Waals surface area contributed by atoms with Crippen LogP contribution in [0.5, 0.6) is 5.75 Å². The van der Waals surface area contributed by atoms with Crippen LogP contribution in [-0.2, 0) is 0 Å². The third kappa shape index (κ3) is 4.14. The van der Waals surface area contributed by atoms with Crippen molar-refractivity contribution in [1.82, 2.24) is 4.90 Å². The summed E-state index contributed by atoms with van der Waals surface area (Å²) in [4.78, 5) is 16.2. The van der Waals surface area contributed by atoms with Crippen LogP contribution >= 0.6 is 11.8 Å². The van der Waals surface area contributed by atoms with Crippen molar-refractivity contribution in [2.75, 3.05) is 19.5 Å². The Balaban J connectivity index is 1.34. The van der Waals surface area contributed by atoms with Crippen LogP contribution in [0.2, 0.25) is 0 Å². The lowest BCUT2D eigenvalue weighted by atomic mass is 10.0. The average molecular weight is 383 g/mol. The molecule has 0 aliphatic carbocycles. The second kappa shape index (κ2) is 7.95. The van der Waals surface area contributed by atoms with Crippen LogP contribution in [0.15, 0.2) is 53.4 Å². The summed E-state index contributed by atoms with van der Waals surface area (Å²) >= 11 is 1.99. The minimum atomic E-state index is -0.107. The van der Waals surface area contributed by atoms with Gasteiger partial charge in [-0.3, -0.25) is 4.79 Å². The number of amides is 1. The van der Waals surface area contributed by atoms with Crippen LogP contribution in [0.3, 0.4) is 0 Å². The van der Waals surface area contributed by atoms with E-state index < -0.39 is 0 Å². The molecule has 3 atom stereocenters. The Labute approximate surface area is 165 Å². The molecule has 2 fully saturated rings. The molecule has 2 aliphatic rings. The van der Waals surface area contributed by atoms with Crippen molar-refractivity contribution in [3.63, 3.8) is 0 Å². The van der Waals surface area contributed by atoms with Gasteiger partial charge >= 0.3 is 0 Å². The SMILES string of the molecule is COc1ccc(C(=O)Nc2ccc(SC3C[C@H]4CC[C@@H](C3)N4C)cc2)cc1. The van der Waals surface area contributed by atoms with Gasteiger partial charge in [-0.05, 0) is 81.3 Å². The van der Waals surface area contributed by atoms with Gasteiger partial charge in [-0.25, -0.2) is 0 Å². The van der Waals surface area contributed by atoms with Crippen LogP contribution < -0.4 is 10.1 Å². The lowest BCUT2D eigenvalue weighted by Gasteiger charge is -2.36. The lowest BCUT2D eigenvalue weighted by Crippen LogP contribution is -2.40. The van der Waals surface area contributed by atoms with Crippen molar-refractivity contribution >= 4 is 23.4 Å². The molecule has 27 heavy (non-hydrogen) atoms. The average Bonchev–Trinajstić information content (AvgIpc) is 2.90. The molecule has 4 rings (SSSR count). The summed E-state index contributed by atoms with van der Waals surface area (Å²) in [6.07, 6.45) is 5.28. The number of anilines is 1. The van der Waals surface area contributed by atoms with Gasteiger partial charge < -0.3 is 15.0 Å². The van der Waals surface area contributed by atoms with Gasteiger partial charge in [0.05, 0.1) is 7.11 Å². The first kappa shape index (κ1) is 18.4. The number of nitrogens with one attached hydrogen (secondary N) is 1. The van der Waals surface area contributed by atoms with Gasteiger partial charge in [0.1, 0.15) is 5.75 Å². The molecule has 2 heterocycles. The van der Waals surface area contributed by atoms with E-state index in [-0.39, 0.29) is 5.91 Å². The molecule has 142 valence electrons. The highest BCUT2D eigenvalue weighted by molar-refractivity contribution is 8.00. The zero-order chi connectivity index (χ0) is 18.8. The molecule has 4 nitrogen and oxygen atoms in total. The number of benzene rings is 2. The van der Waals surface area contributed by atoms with Crippen LogP contribution in [0.1, 0.15) is 36.0 Å². The standard InChI is InChI=1S/C22H26N2O2S/c1-24-17-7-8-18(24)14-21(13-17)27-20-11-5-16(6-12-20)23-22(25)15-3-9-19(26-2)10-4-15/h3-6,9-12,17-18,21H,7-8,13-14H2,1-2H3,(H,23,25)/t17-,18+,21?. The fourth-order valence-corrected chi connectivity index (χ4v) is 5.53. The van der Waals surface area contributed by atoms with Crippen LogP contribution in [-0.4, -0.2) is 42.3 Å². The first-order chi connectivity index (χ1) is 13.1. The van der Waals surface area contributed by atoms with Crippen molar-refractivity contribution in [1.29, 1.82) is 0 Å². The first-order valence-corrected chi connectivity index (χ1v) is 10.4. The molecular formula is C22H26N2O2S. The Kier molecular flexibility index (Phi) is 5.41. The summed E-state index contributed by atoms with van der Waals surface area (Å²) in [5.41, 5.74) is 1.44. The summed E-state index contributed by atoms with van der Waals surface area (Å²) in [6.45, 7) is 0.